The van der Waals surface area contributed by atoms with Crippen molar-refractivity contribution in [1.29, 1.82) is 0 Å². The maximum atomic E-state index is 11.6. The number of rotatable bonds is 5. The quantitative estimate of drug-likeness (QED) is 0.520. The maximum Gasteiger partial charge on any atom is 0.389 e. The minimum atomic E-state index is -4.09. The van der Waals surface area contributed by atoms with Crippen LogP contribution in [0.25, 0.3) is 0 Å². The molecule has 0 heterocycles. The Morgan fingerprint density at radius 2 is 2.00 bits per heavy atom. The number of esters is 1. The van der Waals surface area contributed by atoms with Gasteiger partial charge in [-0.3, -0.25) is 4.79 Å². The van der Waals surface area contributed by atoms with E-state index in [-0.39, 0.29) is 12.4 Å². The van der Waals surface area contributed by atoms with Crippen molar-refractivity contribution in [2.45, 2.75) is 19.5 Å². The topological polar surface area (TPSA) is 26.3 Å². The molecule has 78 valence electrons. The molecule has 0 aliphatic carbocycles. The Bertz CT molecular complexity index is 158. The Morgan fingerprint density at radius 3 is 2.46 bits per heavy atom. The molecule has 6 heteroatoms. The molecule has 0 rings (SSSR count). The van der Waals surface area contributed by atoms with Crippen LogP contribution in [-0.4, -0.2) is 30.3 Å². The summed E-state index contributed by atoms with van der Waals surface area (Å²) in [5.41, 5.74) is 0. The average molecular weight is 216 g/mol. The molecule has 0 aliphatic rings. The Morgan fingerprint density at radius 1 is 1.38 bits per heavy atom. The zero-order valence-corrected chi connectivity index (χ0v) is 8.00. The van der Waals surface area contributed by atoms with Gasteiger partial charge in [0, 0.05) is 18.4 Å². The van der Waals surface area contributed by atoms with Gasteiger partial charge in [-0.15, -0.1) is 0 Å². The van der Waals surface area contributed by atoms with Gasteiger partial charge in [0.1, 0.15) is 6.61 Å². The fourth-order valence-corrected chi connectivity index (χ4v) is 1.32. The van der Waals surface area contributed by atoms with E-state index in [0.717, 1.165) is 11.8 Å². The highest BCUT2D eigenvalue weighted by Gasteiger charge is 2.25. The molecule has 0 amide bonds. The highest BCUT2D eigenvalue weighted by molar-refractivity contribution is 7.99. The highest BCUT2D eigenvalue weighted by Crippen LogP contribution is 2.21. The fourth-order valence-electron chi connectivity index (χ4n) is 0.534. The number of carbonyl (C=O) groups excluding carboxylic acids is 1. The maximum absolute atomic E-state index is 11.6. The van der Waals surface area contributed by atoms with E-state index in [4.69, 9.17) is 0 Å². The van der Waals surface area contributed by atoms with Crippen molar-refractivity contribution in [3.63, 3.8) is 0 Å². The van der Waals surface area contributed by atoms with Crippen LogP contribution in [0.1, 0.15) is 13.3 Å². The van der Waals surface area contributed by atoms with Crippen molar-refractivity contribution in [1.82, 2.24) is 0 Å². The van der Waals surface area contributed by atoms with Crippen LogP contribution in [0, 0.1) is 0 Å². The number of hydrogen-bond acceptors (Lipinski definition) is 3. The summed E-state index contributed by atoms with van der Waals surface area (Å²) >= 11 is 1.12. The first-order chi connectivity index (χ1) is 5.92. The van der Waals surface area contributed by atoms with E-state index in [9.17, 15) is 18.0 Å². The molecule has 0 N–H and O–H groups in total. The van der Waals surface area contributed by atoms with Gasteiger partial charge in [-0.1, -0.05) is 0 Å². The van der Waals surface area contributed by atoms with Crippen molar-refractivity contribution in [2.24, 2.45) is 0 Å². The molecule has 0 saturated carbocycles. The summed E-state index contributed by atoms with van der Waals surface area (Å²) in [4.78, 5) is 10.2. The predicted molar refractivity (Wildman–Crippen MR) is 44.6 cm³/mol. The molecule has 0 unspecified atom stereocenters. The van der Waals surface area contributed by atoms with E-state index in [2.05, 4.69) is 4.74 Å². The number of halogens is 3. The number of carbonyl (C=O) groups is 1. The largest absolute Gasteiger partial charge is 0.465 e. The van der Waals surface area contributed by atoms with Crippen LogP contribution >= 0.6 is 11.8 Å². The van der Waals surface area contributed by atoms with Crippen molar-refractivity contribution in [2.75, 3.05) is 18.1 Å². The molecule has 2 nitrogen and oxygen atoms in total. The smallest absolute Gasteiger partial charge is 0.389 e. The summed E-state index contributed by atoms with van der Waals surface area (Å²) in [7, 11) is 0. The van der Waals surface area contributed by atoms with Crippen LogP contribution < -0.4 is 0 Å². The predicted octanol–water partition coefficient (Wildman–Crippen LogP) is 2.24. The van der Waals surface area contributed by atoms with Gasteiger partial charge in [0.15, 0.2) is 0 Å². The standard InChI is InChI=1S/C7H11F3O2S/c1-6(11)12-3-5-13-4-2-7(8,9)10/h2-5H2,1H3. The second-order valence-electron chi connectivity index (χ2n) is 2.32. The van der Waals surface area contributed by atoms with Crippen molar-refractivity contribution < 1.29 is 22.7 Å². The molecule has 0 atom stereocenters. The first-order valence-electron chi connectivity index (χ1n) is 3.69. The van der Waals surface area contributed by atoms with Gasteiger partial charge >= 0.3 is 12.1 Å². The number of thioether (sulfide) groups is 1. The third-order valence-electron chi connectivity index (χ3n) is 1.06. The zero-order chi connectivity index (χ0) is 10.3. The van der Waals surface area contributed by atoms with Gasteiger partial charge < -0.3 is 4.74 Å². The molecule has 0 bridgehead atoms. The van der Waals surface area contributed by atoms with Gasteiger partial charge in [0.05, 0.1) is 6.42 Å². The van der Waals surface area contributed by atoms with Gasteiger partial charge in [0.25, 0.3) is 0 Å². The molecule has 0 aromatic heterocycles. The lowest BCUT2D eigenvalue weighted by Crippen LogP contribution is -2.09. The second kappa shape index (κ2) is 6.12. The van der Waals surface area contributed by atoms with Crippen LogP contribution in [0.5, 0.6) is 0 Å². The third kappa shape index (κ3) is 11.6. The van der Waals surface area contributed by atoms with Gasteiger partial charge in [-0.2, -0.15) is 24.9 Å². The normalized spacial score (nSPS) is 11.4. The molecule has 0 fully saturated rings. The van der Waals surface area contributed by atoms with Crippen LogP contribution in [0.4, 0.5) is 13.2 Å². The van der Waals surface area contributed by atoms with Crippen LogP contribution in [0.3, 0.4) is 0 Å². The lowest BCUT2D eigenvalue weighted by atomic mass is 10.5. The van der Waals surface area contributed by atoms with E-state index < -0.39 is 18.6 Å². The van der Waals surface area contributed by atoms with Crippen molar-refractivity contribution in [3.05, 3.63) is 0 Å². The molecular weight excluding hydrogens is 205 g/mol. The van der Waals surface area contributed by atoms with Gasteiger partial charge in [-0.25, -0.2) is 0 Å². The summed E-state index contributed by atoms with van der Waals surface area (Å²) in [6.45, 7) is 1.44. The SMILES string of the molecule is CC(=O)OCCSCCC(F)(F)F. The van der Waals surface area contributed by atoms with E-state index in [1.807, 2.05) is 0 Å². The summed E-state index contributed by atoms with van der Waals surface area (Å²) in [6, 6.07) is 0. The molecular formula is C7H11F3O2S. The van der Waals surface area contributed by atoms with Crippen molar-refractivity contribution in [3.8, 4) is 0 Å². The number of alkyl halides is 3. The Hall–Kier alpha value is -0.390. The number of hydrogen-bond donors (Lipinski definition) is 0. The third-order valence-corrected chi connectivity index (χ3v) is 2.01. The Balaban J connectivity index is 3.13. The van der Waals surface area contributed by atoms with E-state index in [1.54, 1.807) is 0 Å². The van der Waals surface area contributed by atoms with Gasteiger partial charge in [0.2, 0.25) is 0 Å². The minimum absolute atomic E-state index is 0.0186. The molecule has 0 spiro atoms. The first kappa shape index (κ1) is 12.6. The molecule has 0 aromatic rings. The van der Waals surface area contributed by atoms with Crippen LogP contribution in [0.15, 0.2) is 0 Å². The number of ether oxygens (including phenoxy) is 1. The molecule has 0 saturated heterocycles. The molecule has 0 aromatic carbocycles. The first-order valence-corrected chi connectivity index (χ1v) is 4.85. The lowest BCUT2D eigenvalue weighted by Gasteiger charge is -2.05. The molecule has 0 radical (unpaired) electrons. The Kier molecular flexibility index (Phi) is 5.94. The monoisotopic (exact) mass is 216 g/mol. The van der Waals surface area contributed by atoms with Crippen LogP contribution in [0.2, 0.25) is 0 Å². The second-order valence-corrected chi connectivity index (χ2v) is 3.54. The summed E-state index contributed by atoms with van der Waals surface area (Å²) in [5.74, 6) is 0.0249. The lowest BCUT2D eigenvalue weighted by molar-refractivity contribution is -0.140. The van der Waals surface area contributed by atoms with Crippen molar-refractivity contribution >= 4 is 17.7 Å². The summed E-state index contributed by atoms with van der Waals surface area (Å²) in [5, 5.41) is 0. The summed E-state index contributed by atoms with van der Waals surface area (Å²) < 4.78 is 39.3. The average Bonchev–Trinajstić information content (AvgIpc) is 1.93. The minimum Gasteiger partial charge on any atom is -0.465 e. The highest BCUT2D eigenvalue weighted by atomic mass is 32.2. The van der Waals surface area contributed by atoms with E-state index in [0.29, 0.717) is 5.75 Å². The van der Waals surface area contributed by atoms with E-state index in [1.165, 1.54) is 6.92 Å². The Labute approximate surface area is 78.8 Å². The van der Waals surface area contributed by atoms with Gasteiger partial charge in [-0.05, 0) is 0 Å². The van der Waals surface area contributed by atoms with Crippen LogP contribution in [-0.2, 0) is 9.53 Å². The fraction of sp³-hybridized carbons (Fsp3) is 0.857. The van der Waals surface area contributed by atoms with E-state index >= 15 is 0 Å². The zero-order valence-electron chi connectivity index (χ0n) is 7.19. The summed E-state index contributed by atoms with van der Waals surface area (Å²) in [6.07, 6.45) is -4.88. The molecule has 0 aliphatic heterocycles. The molecule has 13 heavy (non-hydrogen) atoms.